The normalized spacial score (nSPS) is 10.0. The van der Waals surface area contributed by atoms with Crippen molar-refractivity contribution in [1.82, 2.24) is 10.9 Å². The molecule has 0 saturated heterocycles. The summed E-state index contributed by atoms with van der Waals surface area (Å²) in [5.74, 6) is -0.449. The molecule has 0 spiro atoms. The number of benzene rings is 2. The minimum atomic E-state index is -0.510. The van der Waals surface area contributed by atoms with E-state index >= 15 is 0 Å². The molecule has 0 heterocycles. The summed E-state index contributed by atoms with van der Waals surface area (Å²) in [5, 5.41) is 0. The predicted octanol–water partition coefficient (Wildman–Crippen LogP) is 2.39. The molecule has 0 aliphatic rings. The first-order valence-electron chi connectivity index (χ1n) is 6.70. The molecule has 0 radical (unpaired) electrons. The summed E-state index contributed by atoms with van der Waals surface area (Å²) in [6.07, 6.45) is 0. The van der Waals surface area contributed by atoms with Crippen LogP contribution in [0.2, 0.25) is 0 Å². The summed E-state index contributed by atoms with van der Waals surface area (Å²) < 4.78 is 17.9. The highest BCUT2D eigenvalue weighted by atomic mass is 32.2. The zero-order chi connectivity index (χ0) is 16.7. The first-order chi connectivity index (χ1) is 11.1. The summed E-state index contributed by atoms with van der Waals surface area (Å²) >= 11 is 1.31. The molecule has 0 saturated carbocycles. The molecular weight excluding hydrogens is 319 g/mol. The Kier molecular flexibility index (Phi) is 5.99. The molecule has 0 unspecified atom stereocenters. The van der Waals surface area contributed by atoms with Crippen LogP contribution < -0.4 is 15.6 Å². The number of amides is 2. The number of thioether (sulfide) groups is 1. The quantitative estimate of drug-likeness (QED) is 0.651. The minimum absolute atomic E-state index is 0.136. The third kappa shape index (κ3) is 5.30. The fraction of sp³-hybridized carbons (Fsp3) is 0.125. The Morgan fingerprint density at radius 1 is 1.13 bits per heavy atom. The maximum atomic E-state index is 12.8. The lowest BCUT2D eigenvalue weighted by Crippen LogP contribution is -2.42. The summed E-state index contributed by atoms with van der Waals surface area (Å²) in [5.41, 5.74) is 4.84. The van der Waals surface area contributed by atoms with Gasteiger partial charge in [-0.3, -0.25) is 20.4 Å². The molecule has 0 bridgehead atoms. The van der Waals surface area contributed by atoms with Gasteiger partial charge in [-0.05, 0) is 42.5 Å². The number of hydrazine groups is 1. The van der Waals surface area contributed by atoms with Gasteiger partial charge in [-0.15, -0.1) is 11.8 Å². The van der Waals surface area contributed by atoms with Crippen molar-refractivity contribution in [2.24, 2.45) is 0 Å². The maximum absolute atomic E-state index is 12.8. The molecule has 7 heteroatoms. The average Bonchev–Trinajstić information content (AvgIpc) is 2.58. The second-order valence-corrected chi connectivity index (χ2v) is 5.53. The Bertz CT molecular complexity index is 692. The number of hydrogen-bond acceptors (Lipinski definition) is 4. The molecule has 2 rings (SSSR count). The van der Waals surface area contributed by atoms with Gasteiger partial charge in [0, 0.05) is 10.5 Å². The molecule has 0 atom stereocenters. The van der Waals surface area contributed by atoms with E-state index in [1.54, 1.807) is 7.11 Å². The number of carbonyl (C=O) groups is 2. The summed E-state index contributed by atoms with van der Waals surface area (Å²) in [6, 6.07) is 12.3. The summed E-state index contributed by atoms with van der Waals surface area (Å²) in [4.78, 5) is 24.3. The largest absolute Gasteiger partial charge is 0.497 e. The van der Waals surface area contributed by atoms with Crippen molar-refractivity contribution in [2.75, 3.05) is 12.9 Å². The SMILES string of the molecule is COc1cccc(SCC(=O)NNC(=O)c2ccc(F)cc2)c1. The second-order valence-electron chi connectivity index (χ2n) is 4.48. The molecule has 5 nitrogen and oxygen atoms in total. The lowest BCUT2D eigenvalue weighted by atomic mass is 10.2. The van der Waals surface area contributed by atoms with E-state index < -0.39 is 11.7 Å². The average molecular weight is 334 g/mol. The second kappa shape index (κ2) is 8.19. The lowest BCUT2D eigenvalue weighted by Gasteiger charge is -2.08. The van der Waals surface area contributed by atoms with E-state index in [0.717, 1.165) is 4.90 Å². The molecule has 120 valence electrons. The van der Waals surface area contributed by atoms with Crippen molar-refractivity contribution in [3.05, 3.63) is 59.9 Å². The van der Waals surface area contributed by atoms with E-state index in [2.05, 4.69) is 10.9 Å². The Balaban J connectivity index is 1.78. The van der Waals surface area contributed by atoms with E-state index in [0.29, 0.717) is 5.75 Å². The van der Waals surface area contributed by atoms with Crippen molar-refractivity contribution in [1.29, 1.82) is 0 Å². The van der Waals surface area contributed by atoms with Crippen LogP contribution in [0.4, 0.5) is 4.39 Å². The molecule has 0 aliphatic carbocycles. The van der Waals surface area contributed by atoms with Crippen LogP contribution in [0.1, 0.15) is 10.4 Å². The fourth-order valence-electron chi connectivity index (χ4n) is 1.68. The number of carbonyl (C=O) groups excluding carboxylic acids is 2. The number of ether oxygens (including phenoxy) is 1. The van der Waals surface area contributed by atoms with Gasteiger partial charge < -0.3 is 4.74 Å². The monoisotopic (exact) mass is 334 g/mol. The Morgan fingerprint density at radius 3 is 2.57 bits per heavy atom. The molecule has 0 aliphatic heterocycles. The van der Waals surface area contributed by atoms with Gasteiger partial charge in [-0.25, -0.2) is 4.39 Å². The number of hydrogen-bond donors (Lipinski definition) is 2. The smallest absolute Gasteiger partial charge is 0.269 e. The summed E-state index contributed by atoms with van der Waals surface area (Å²) in [7, 11) is 1.57. The van der Waals surface area contributed by atoms with Crippen LogP contribution in [-0.4, -0.2) is 24.7 Å². The zero-order valence-electron chi connectivity index (χ0n) is 12.3. The van der Waals surface area contributed by atoms with Gasteiger partial charge in [-0.2, -0.15) is 0 Å². The number of rotatable bonds is 5. The number of halogens is 1. The zero-order valence-corrected chi connectivity index (χ0v) is 13.2. The third-order valence-corrected chi connectivity index (χ3v) is 3.83. The standard InChI is InChI=1S/C16H15FN2O3S/c1-22-13-3-2-4-14(9-13)23-10-15(20)18-19-16(21)11-5-7-12(17)8-6-11/h2-9H,10H2,1H3,(H,18,20)(H,19,21). The van der Waals surface area contributed by atoms with E-state index in [1.165, 1.54) is 36.0 Å². The van der Waals surface area contributed by atoms with Crippen molar-refractivity contribution in [2.45, 2.75) is 4.90 Å². The lowest BCUT2D eigenvalue weighted by molar-refractivity contribution is -0.119. The van der Waals surface area contributed by atoms with Crippen LogP contribution in [0.25, 0.3) is 0 Å². The Morgan fingerprint density at radius 2 is 1.87 bits per heavy atom. The van der Waals surface area contributed by atoms with Crippen molar-refractivity contribution in [3.63, 3.8) is 0 Å². The van der Waals surface area contributed by atoms with Gasteiger partial charge in [0.2, 0.25) is 5.91 Å². The van der Waals surface area contributed by atoms with Gasteiger partial charge in [0.05, 0.1) is 12.9 Å². The molecule has 2 aromatic rings. The van der Waals surface area contributed by atoms with Crippen molar-refractivity contribution >= 4 is 23.6 Å². The van der Waals surface area contributed by atoms with E-state index in [1.807, 2.05) is 24.3 Å². The van der Waals surface area contributed by atoms with E-state index in [4.69, 9.17) is 4.74 Å². The predicted molar refractivity (Wildman–Crippen MR) is 85.7 cm³/mol. The molecular formula is C16H15FN2O3S. The Labute approximate surface area is 137 Å². The maximum Gasteiger partial charge on any atom is 0.269 e. The molecule has 2 aromatic carbocycles. The highest BCUT2D eigenvalue weighted by Crippen LogP contribution is 2.22. The topological polar surface area (TPSA) is 67.4 Å². The van der Waals surface area contributed by atoms with E-state index in [9.17, 15) is 14.0 Å². The van der Waals surface area contributed by atoms with Crippen molar-refractivity contribution in [3.8, 4) is 5.75 Å². The van der Waals surface area contributed by atoms with Crippen LogP contribution in [0.3, 0.4) is 0 Å². The van der Waals surface area contributed by atoms with Crippen LogP contribution >= 0.6 is 11.8 Å². The van der Waals surface area contributed by atoms with Gasteiger partial charge in [-0.1, -0.05) is 6.07 Å². The molecule has 0 fully saturated rings. The third-order valence-electron chi connectivity index (χ3n) is 2.83. The van der Waals surface area contributed by atoms with E-state index in [-0.39, 0.29) is 17.2 Å². The van der Waals surface area contributed by atoms with Gasteiger partial charge >= 0.3 is 0 Å². The van der Waals surface area contributed by atoms with Gasteiger partial charge in [0.25, 0.3) is 5.91 Å². The number of methoxy groups -OCH3 is 1. The van der Waals surface area contributed by atoms with Gasteiger partial charge in [0.1, 0.15) is 11.6 Å². The van der Waals surface area contributed by atoms with Crippen LogP contribution in [0.5, 0.6) is 5.75 Å². The minimum Gasteiger partial charge on any atom is -0.497 e. The highest BCUT2D eigenvalue weighted by molar-refractivity contribution is 8.00. The Hall–Kier alpha value is -2.54. The molecule has 2 N–H and O–H groups in total. The first kappa shape index (κ1) is 16.8. The van der Waals surface area contributed by atoms with Crippen LogP contribution in [0.15, 0.2) is 53.4 Å². The molecule has 23 heavy (non-hydrogen) atoms. The van der Waals surface area contributed by atoms with Crippen LogP contribution in [-0.2, 0) is 4.79 Å². The summed E-state index contributed by atoms with van der Waals surface area (Å²) in [6.45, 7) is 0. The fourth-order valence-corrected chi connectivity index (χ4v) is 2.42. The van der Waals surface area contributed by atoms with Crippen molar-refractivity contribution < 1.29 is 18.7 Å². The number of nitrogens with one attached hydrogen (secondary N) is 2. The highest BCUT2D eigenvalue weighted by Gasteiger charge is 2.08. The molecule has 2 amide bonds. The first-order valence-corrected chi connectivity index (χ1v) is 7.68. The molecule has 0 aromatic heterocycles. The van der Waals surface area contributed by atoms with Gasteiger partial charge in [0.15, 0.2) is 0 Å². The van der Waals surface area contributed by atoms with Crippen LogP contribution in [0, 0.1) is 5.82 Å².